The molecule has 0 radical (unpaired) electrons. The molecule has 23 heavy (non-hydrogen) atoms. The summed E-state index contributed by atoms with van der Waals surface area (Å²) in [6.07, 6.45) is 1.77. The maximum atomic E-state index is 12.1. The van der Waals surface area contributed by atoms with Crippen molar-refractivity contribution in [2.75, 3.05) is 6.54 Å². The van der Waals surface area contributed by atoms with Crippen LogP contribution in [0.1, 0.15) is 50.4 Å². The van der Waals surface area contributed by atoms with Crippen molar-refractivity contribution in [2.24, 2.45) is 0 Å². The van der Waals surface area contributed by atoms with E-state index in [0.717, 1.165) is 12.8 Å². The van der Waals surface area contributed by atoms with Gasteiger partial charge >= 0.3 is 0 Å². The fourth-order valence-electron chi connectivity index (χ4n) is 2.04. The van der Waals surface area contributed by atoms with Gasteiger partial charge in [0.1, 0.15) is 0 Å². The number of benzene rings is 1. The summed E-state index contributed by atoms with van der Waals surface area (Å²) in [5, 5.41) is 2.85. The minimum Gasteiger partial charge on any atom is -0.353 e. The van der Waals surface area contributed by atoms with Crippen LogP contribution in [-0.2, 0) is 14.8 Å². The van der Waals surface area contributed by atoms with Gasteiger partial charge in [-0.1, -0.05) is 26.0 Å². The molecule has 0 aliphatic heterocycles. The Morgan fingerprint density at radius 3 is 2.13 bits per heavy atom. The molecule has 0 unspecified atom stereocenters. The lowest BCUT2D eigenvalue weighted by molar-refractivity contribution is -0.121. The lowest BCUT2D eigenvalue weighted by Crippen LogP contribution is -2.36. The lowest BCUT2D eigenvalue weighted by atomic mass is 10.1. The molecule has 0 atom stereocenters. The number of amides is 1. The topological polar surface area (TPSA) is 92.3 Å². The molecule has 0 spiro atoms. The minimum absolute atomic E-state index is 0.0305. The monoisotopic (exact) mass is 340 g/mol. The van der Waals surface area contributed by atoms with Crippen LogP contribution in [0.5, 0.6) is 0 Å². The summed E-state index contributed by atoms with van der Waals surface area (Å²) in [5.74, 6) is -0.298. The Labute approximate surface area is 137 Å². The van der Waals surface area contributed by atoms with Crippen molar-refractivity contribution >= 4 is 21.7 Å². The van der Waals surface area contributed by atoms with E-state index >= 15 is 0 Å². The number of hydrogen-bond acceptors (Lipinski definition) is 4. The van der Waals surface area contributed by atoms with Crippen molar-refractivity contribution < 1.29 is 18.0 Å². The number of carbonyl (C=O) groups is 2. The first-order chi connectivity index (χ1) is 10.8. The van der Waals surface area contributed by atoms with E-state index in [-0.39, 0.29) is 35.6 Å². The molecule has 6 nitrogen and oxygen atoms in total. The van der Waals surface area contributed by atoms with Crippen molar-refractivity contribution in [1.29, 1.82) is 0 Å². The third kappa shape index (κ3) is 6.11. The lowest BCUT2D eigenvalue weighted by Gasteiger charge is -2.14. The molecule has 128 valence electrons. The van der Waals surface area contributed by atoms with E-state index < -0.39 is 10.0 Å². The minimum atomic E-state index is -3.68. The molecular formula is C16H24N2O4S. The second kappa shape index (κ2) is 8.79. The Morgan fingerprint density at radius 2 is 1.65 bits per heavy atom. The van der Waals surface area contributed by atoms with Crippen LogP contribution in [0.3, 0.4) is 0 Å². The highest BCUT2D eigenvalue weighted by Crippen LogP contribution is 2.11. The summed E-state index contributed by atoms with van der Waals surface area (Å²) in [4.78, 5) is 23.0. The van der Waals surface area contributed by atoms with Crippen LogP contribution in [0.2, 0.25) is 0 Å². The molecule has 2 N–H and O–H groups in total. The molecule has 0 aliphatic rings. The first-order valence-electron chi connectivity index (χ1n) is 7.70. The summed E-state index contributed by atoms with van der Waals surface area (Å²) in [6.45, 7) is 5.42. The summed E-state index contributed by atoms with van der Waals surface area (Å²) in [7, 11) is -3.68. The summed E-state index contributed by atoms with van der Waals surface area (Å²) in [5.41, 5.74) is 0.452. The fraction of sp³-hybridized carbons (Fsp3) is 0.500. The van der Waals surface area contributed by atoms with E-state index in [2.05, 4.69) is 10.0 Å². The molecule has 1 aromatic carbocycles. The van der Waals surface area contributed by atoms with E-state index in [1.807, 2.05) is 13.8 Å². The Balaban J connectivity index is 2.56. The highest BCUT2D eigenvalue weighted by molar-refractivity contribution is 7.89. The molecule has 1 aromatic rings. The Hall–Kier alpha value is -1.73. The van der Waals surface area contributed by atoms with Crippen LogP contribution >= 0.6 is 0 Å². The predicted octanol–water partition coefficient (Wildman–Crippen LogP) is 1.86. The standard InChI is InChI=1S/C16H24N2O4S/c1-4-14(5-2)18-16(20)10-11-17-23(21,22)15-8-6-13(7-9-15)12(3)19/h6-9,14,17H,4-5,10-11H2,1-3H3,(H,18,20). The largest absolute Gasteiger partial charge is 0.353 e. The SMILES string of the molecule is CCC(CC)NC(=O)CCNS(=O)(=O)c1ccc(C(C)=O)cc1. The molecule has 0 aromatic heterocycles. The average Bonchev–Trinajstić information content (AvgIpc) is 2.52. The van der Waals surface area contributed by atoms with Gasteiger partial charge in [0.15, 0.2) is 5.78 Å². The number of nitrogens with one attached hydrogen (secondary N) is 2. The van der Waals surface area contributed by atoms with Crippen molar-refractivity contribution in [3.05, 3.63) is 29.8 Å². The van der Waals surface area contributed by atoms with Gasteiger partial charge in [0, 0.05) is 24.6 Å². The van der Waals surface area contributed by atoms with Gasteiger partial charge in [-0.05, 0) is 31.9 Å². The Bertz CT molecular complexity index is 635. The second-order valence-corrected chi connectivity index (χ2v) is 7.08. The first-order valence-corrected chi connectivity index (χ1v) is 9.18. The molecule has 0 aliphatic carbocycles. The zero-order valence-electron chi connectivity index (χ0n) is 13.8. The maximum Gasteiger partial charge on any atom is 0.240 e. The van der Waals surface area contributed by atoms with Gasteiger partial charge in [0.25, 0.3) is 0 Å². The third-order valence-corrected chi connectivity index (χ3v) is 5.04. The molecule has 1 amide bonds. The molecule has 0 saturated heterocycles. The number of hydrogen-bond donors (Lipinski definition) is 2. The van der Waals surface area contributed by atoms with E-state index in [4.69, 9.17) is 0 Å². The molecule has 0 saturated carbocycles. The zero-order valence-corrected chi connectivity index (χ0v) is 14.6. The summed E-state index contributed by atoms with van der Waals surface area (Å²) >= 11 is 0. The molecular weight excluding hydrogens is 316 g/mol. The highest BCUT2D eigenvalue weighted by atomic mass is 32.2. The number of rotatable bonds is 9. The number of Topliss-reactive ketones (excluding diaryl/α,β-unsaturated/α-hetero) is 1. The highest BCUT2D eigenvalue weighted by Gasteiger charge is 2.15. The molecule has 0 bridgehead atoms. The van der Waals surface area contributed by atoms with Crippen LogP contribution < -0.4 is 10.0 Å². The number of ketones is 1. The van der Waals surface area contributed by atoms with Gasteiger partial charge < -0.3 is 5.32 Å². The average molecular weight is 340 g/mol. The smallest absolute Gasteiger partial charge is 0.240 e. The van der Waals surface area contributed by atoms with Crippen molar-refractivity contribution in [1.82, 2.24) is 10.0 Å². The van der Waals surface area contributed by atoms with Gasteiger partial charge in [-0.25, -0.2) is 13.1 Å². The van der Waals surface area contributed by atoms with Crippen LogP contribution in [0, 0.1) is 0 Å². The summed E-state index contributed by atoms with van der Waals surface area (Å²) in [6, 6.07) is 5.82. The van der Waals surface area contributed by atoms with Gasteiger partial charge in [-0.2, -0.15) is 0 Å². The number of carbonyl (C=O) groups excluding carboxylic acids is 2. The van der Waals surface area contributed by atoms with Crippen molar-refractivity contribution in [3.8, 4) is 0 Å². The van der Waals surface area contributed by atoms with Gasteiger partial charge in [0.05, 0.1) is 4.90 Å². The van der Waals surface area contributed by atoms with Crippen LogP contribution in [-0.4, -0.2) is 32.7 Å². The molecule has 0 heterocycles. The third-order valence-electron chi connectivity index (χ3n) is 3.57. The van der Waals surface area contributed by atoms with E-state index in [1.54, 1.807) is 0 Å². The normalized spacial score (nSPS) is 11.5. The zero-order chi connectivity index (χ0) is 17.5. The first kappa shape index (κ1) is 19.3. The maximum absolute atomic E-state index is 12.1. The van der Waals surface area contributed by atoms with Crippen LogP contribution in [0.4, 0.5) is 0 Å². The molecule has 1 rings (SSSR count). The van der Waals surface area contributed by atoms with E-state index in [0.29, 0.717) is 5.56 Å². The predicted molar refractivity (Wildman–Crippen MR) is 88.8 cm³/mol. The summed E-state index contributed by atoms with van der Waals surface area (Å²) < 4.78 is 26.6. The second-order valence-electron chi connectivity index (χ2n) is 5.31. The van der Waals surface area contributed by atoms with E-state index in [9.17, 15) is 18.0 Å². The Kier molecular flexibility index (Phi) is 7.38. The molecule has 0 fully saturated rings. The van der Waals surface area contributed by atoms with Gasteiger partial charge in [-0.3, -0.25) is 9.59 Å². The molecule has 7 heteroatoms. The van der Waals surface area contributed by atoms with Crippen molar-refractivity contribution in [2.45, 2.75) is 51.0 Å². The fourth-order valence-corrected chi connectivity index (χ4v) is 3.08. The Morgan fingerprint density at radius 1 is 1.09 bits per heavy atom. The quantitative estimate of drug-likeness (QED) is 0.671. The van der Waals surface area contributed by atoms with Gasteiger partial charge in [0.2, 0.25) is 15.9 Å². The van der Waals surface area contributed by atoms with Crippen LogP contribution in [0.15, 0.2) is 29.2 Å². The van der Waals surface area contributed by atoms with Crippen molar-refractivity contribution in [3.63, 3.8) is 0 Å². The van der Waals surface area contributed by atoms with Crippen LogP contribution in [0.25, 0.3) is 0 Å². The van der Waals surface area contributed by atoms with Gasteiger partial charge in [-0.15, -0.1) is 0 Å². The number of sulfonamides is 1. The van der Waals surface area contributed by atoms with E-state index in [1.165, 1.54) is 31.2 Å².